The fraction of sp³-hybridized carbons (Fsp3) is 0.318. The van der Waals surface area contributed by atoms with Gasteiger partial charge < -0.3 is 10.1 Å². The maximum Gasteiger partial charge on any atom is 0.244 e. The quantitative estimate of drug-likeness (QED) is 0.571. The van der Waals surface area contributed by atoms with Crippen LogP contribution in [0.1, 0.15) is 37.3 Å². The minimum absolute atomic E-state index is 0.0928. The van der Waals surface area contributed by atoms with Gasteiger partial charge in [0.05, 0.1) is 19.2 Å². The van der Waals surface area contributed by atoms with Gasteiger partial charge in [-0.05, 0) is 55.2 Å². The van der Waals surface area contributed by atoms with E-state index in [4.69, 9.17) is 4.74 Å². The van der Waals surface area contributed by atoms with Crippen LogP contribution >= 0.6 is 0 Å². The van der Waals surface area contributed by atoms with Crippen LogP contribution in [0.25, 0.3) is 0 Å². The molecule has 1 fully saturated rings. The summed E-state index contributed by atoms with van der Waals surface area (Å²) < 4.78 is 5.11. The van der Waals surface area contributed by atoms with Gasteiger partial charge in [-0.3, -0.25) is 9.59 Å². The van der Waals surface area contributed by atoms with Crippen LogP contribution in [0.4, 0.5) is 5.69 Å². The first kappa shape index (κ1) is 19.6. The predicted octanol–water partition coefficient (Wildman–Crippen LogP) is 3.52. The molecule has 0 radical (unpaired) electrons. The Kier molecular flexibility index (Phi) is 6.42. The zero-order valence-corrected chi connectivity index (χ0v) is 16.2. The van der Waals surface area contributed by atoms with Crippen molar-refractivity contribution in [1.82, 2.24) is 5.43 Å². The summed E-state index contributed by atoms with van der Waals surface area (Å²) in [5.41, 5.74) is 5.82. The molecule has 28 heavy (non-hydrogen) atoms. The van der Waals surface area contributed by atoms with Gasteiger partial charge in [-0.2, -0.15) is 5.10 Å². The highest BCUT2D eigenvalue weighted by Crippen LogP contribution is 2.27. The Labute approximate surface area is 165 Å². The van der Waals surface area contributed by atoms with Crippen molar-refractivity contribution in [1.29, 1.82) is 0 Å². The average Bonchev–Trinajstić information content (AvgIpc) is 2.66. The standard InChI is InChI=1S/C22H25N3O3/c1-15(24-25-21(26)14-16-6-12-20(28-2)13-7-16)17-8-10-19(11-9-17)23-22(27)18-4-3-5-18/h6-13,18H,3-5,14H2,1-2H3,(H,23,27)(H,25,26)/b24-15+. The maximum absolute atomic E-state index is 12.1. The van der Waals surface area contributed by atoms with Gasteiger partial charge in [-0.15, -0.1) is 0 Å². The highest BCUT2D eigenvalue weighted by Gasteiger charge is 2.25. The molecule has 6 heteroatoms. The van der Waals surface area contributed by atoms with Crippen molar-refractivity contribution in [3.63, 3.8) is 0 Å². The largest absolute Gasteiger partial charge is 0.497 e. The van der Waals surface area contributed by atoms with Gasteiger partial charge in [0, 0.05) is 11.6 Å². The van der Waals surface area contributed by atoms with E-state index in [9.17, 15) is 9.59 Å². The second-order valence-electron chi connectivity index (χ2n) is 6.95. The molecule has 2 amide bonds. The normalized spacial score (nSPS) is 14.1. The molecular weight excluding hydrogens is 354 g/mol. The van der Waals surface area contributed by atoms with Crippen LogP contribution in [0.3, 0.4) is 0 Å². The number of anilines is 1. The minimum Gasteiger partial charge on any atom is -0.497 e. The number of rotatable bonds is 7. The summed E-state index contributed by atoms with van der Waals surface area (Å²) in [6, 6.07) is 14.8. The second kappa shape index (κ2) is 9.17. The van der Waals surface area contributed by atoms with Crippen molar-refractivity contribution in [2.75, 3.05) is 12.4 Å². The summed E-state index contributed by atoms with van der Waals surface area (Å²) >= 11 is 0. The van der Waals surface area contributed by atoms with Gasteiger partial charge in [-0.25, -0.2) is 5.43 Å². The molecule has 0 spiro atoms. The predicted molar refractivity (Wildman–Crippen MR) is 109 cm³/mol. The van der Waals surface area contributed by atoms with Gasteiger partial charge in [0.1, 0.15) is 5.75 Å². The lowest BCUT2D eigenvalue weighted by Gasteiger charge is -2.24. The van der Waals surface area contributed by atoms with Crippen molar-refractivity contribution >= 4 is 23.2 Å². The van der Waals surface area contributed by atoms with E-state index >= 15 is 0 Å². The summed E-state index contributed by atoms with van der Waals surface area (Å²) in [4.78, 5) is 24.1. The number of nitrogens with one attached hydrogen (secondary N) is 2. The monoisotopic (exact) mass is 379 g/mol. The topological polar surface area (TPSA) is 79.8 Å². The van der Waals surface area contributed by atoms with Crippen LogP contribution in [0.2, 0.25) is 0 Å². The molecular formula is C22H25N3O3. The summed E-state index contributed by atoms with van der Waals surface area (Å²) in [6.07, 6.45) is 3.33. The van der Waals surface area contributed by atoms with Gasteiger partial charge in [0.2, 0.25) is 11.8 Å². The van der Waals surface area contributed by atoms with Gasteiger partial charge in [-0.1, -0.05) is 30.7 Å². The number of ether oxygens (including phenoxy) is 1. The molecule has 0 unspecified atom stereocenters. The van der Waals surface area contributed by atoms with Crippen LogP contribution in [0.5, 0.6) is 5.75 Å². The van der Waals surface area contributed by atoms with Crippen LogP contribution in [-0.4, -0.2) is 24.6 Å². The molecule has 0 heterocycles. The lowest BCUT2D eigenvalue weighted by Crippen LogP contribution is -2.28. The van der Waals surface area contributed by atoms with Crippen LogP contribution in [-0.2, 0) is 16.0 Å². The first-order valence-electron chi connectivity index (χ1n) is 9.42. The number of hydrogen-bond donors (Lipinski definition) is 2. The fourth-order valence-electron chi connectivity index (χ4n) is 2.89. The molecule has 2 aromatic rings. The van der Waals surface area contributed by atoms with Crippen molar-refractivity contribution in [2.24, 2.45) is 11.0 Å². The van der Waals surface area contributed by atoms with Crippen LogP contribution in [0, 0.1) is 5.92 Å². The number of methoxy groups -OCH3 is 1. The molecule has 0 atom stereocenters. The third kappa shape index (κ3) is 5.19. The molecule has 1 saturated carbocycles. The van der Waals surface area contributed by atoms with E-state index < -0.39 is 0 Å². The SMILES string of the molecule is COc1ccc(CC(=O)N/N=C(\C)c2ccc(NC(=O)C3CCC3)cc2)cc1. The van der Waals surface area contributed by atoms with Gasteiger partial charge >= 0.3 is 0 Å². The number of hydrazone groups is 1. The summed E-state index contributed by atoms with van der Waals surface area (Å²) in [6.45, 7) is 1.83. The molecule has 146 valence electrons. The van der Waals surface area contributed by atoms with Crippen LogP contribution < -0.4 is 15.5 Å². The second-order valence-corrected chi connectivity index (χ2v) is 6.95. The number of amides is 2. The Bertz CT molecular complexity index is 854. The molecule has 6 nitrogen and oxygen atoms in total. The number of nitrogens with zero attached hydrogens (tertiary/aromatic N) is 1. The van der Waals surface area contributed by atoms with Gasteiger partial charge in [0.25, 0.3) is 0 Å². The molecule has 2 N–H and O–H groups in total. The Hall–Kier alpha value is -3.15. The summed E-state index contributed by atoms with van der Waals surface area (Å²) in [5, 5.41) is 7.11. The lowest BCUT2D eigenvalue weighted by molar-refractivity contribution is -0.122. The zero-order valence-electron chi connectivity index (χ0n) is 16.2. The minimum atomic E-state index is -0.186. The number of carbonyl (C=O) groups is 2. The van der Waals surface area contributed by atoms with Crippen molar-refractivity contribution in [3.05, 3.63) is 59.7 Å². The molecule has 1 aliphatic rings. The summed E-state index contributed by atoms with van der Waals surface area (Å²) in [7, 11) is 1.61. The molecule has 3 rings (SSSR count). The molecule has 0 saturated heterocycles. The molecule has 2 aromatic carbocycles. The highest BCUT2D eigenvalue weighted by molar-refractivity contribution is 6.00. The van der Waals surface area contributed by atoms with Crippen LogP contribution in [0.15, 0.2) is 53.6 Å². The highest BCUT2D eigenvalue weighted by atomic mass is 16.5. The Morgan fingerprint density at radius 3 is 2.32 bits per heavy atom. The van der Waals surface area contributed by atoms with E-state index in [2.05, 4.69) is 15.8 Å². The van der Waals surface area contributed by atoms with E-state index in [1.807, 2.05) is 55.5 Å². The van der Waals surface area contributed by atoms with E-state index in [1.54, 1.807) is 7.11 Å². The number of benzene rings is 2. The van der Waals surface area contributed by atoms with Gasteiger partial charge in [0.15, 0.2) is 0 Å². The van der Waals surface area contributed by atoms with Crippen molar-refractivity contribution < 1.29 is 14.3 Å². The third-order valence-corrected chi connectivity index (χ3v) is 4.92. The molecule has 0 aromatic heterocycles. The van der Waals surface area contributed by atoms with Crippen molar-refractivity contribution in [3.8, 4) is 5.75 Å². The first-order chi connectivity index (χ1) is 13.5. The fourth-order valence-corrected chi connectivity index (χ4v) is 2.89. The zero-order chi connectivity index (χ0) is 19.9. The maximum atomic E-state index is 12.1. The third-order valence-electron chi connectivity index (χ3n) is 4.92. The van der Waals surface area contributed by atoms with E-state index in [0.717, 1.165) is 41.8 Å². The summed E-state index contributed by atoms with van der Waals surface area (Å²) in [5.74, 6) is 0.818. The van der Waals surface area contributed by atoms with E-state index in [0.29, 0.717) is 5.71 Å². The Morgan fingerprint density at radius 1 is 1.07 bits per heavy atom. The first-order valence-corrected chi connectivity index (χ1v) is 9.42. The average molecular weight is 379 g/mol. The Morgan fingerprint density at radius 2 is 1.75 bits per heavy atom. The number of hydrogen-bond acceptors (Lipinski definition) is 4. The van der Waals surface area contributed by atoms with Crippen molar-refractivity contribution in [2.45, 2.75) is 32.6 Å². The number of carbonyl (C=O) groups excluding carboxylic acids is 2. The molecule has 1 aliphatic carbocycles. The smallest absolute Gasteiger partial charge is 0.244 e. The Balaban J connectivity index is 1.52. The molecule has 0 bridgehead atoms. The van der Waals surface area contributed by atoms with E-state index in [1.165, 1.54) is 0 Å². The van der Waals surface area contributed by atoms with E-state index in [-0.39, 0.29) is 24.2 Å². The molecule has 0 aliphatic heterocycles. The lowest BCUT2D eigenvalue weighted by atomic mass is 9.85.